The number of amides is 3. The zero-order chi connectivity index (χ0) is 15.7. The van der Waals surface area contributed by atoms with E-state index in [4.69, 9.17) is 0 Å². The minimum atomic E-state index is -0.102. The highest BCUT2D eigenvalue weighted by atomic mass is 16.2. The Morgan fingerprint density at radius 3 is 2.77 bits per heavy atom. The van der Waals surface area contributed by atoms with Crippen LogP contribution in [-0.2, 0) is 11.8 Å². The van der Waals surface area contributed by atoms with Gasteiger partial charge in [0.05, 0.1) is 17.9 Å². The maximum atomic E-state index is 12.4. The number of aryl methyl sites for hydroxylation is 1. The summed E-state index contributed by atoms with van der Waals surface area (Å²) in [6.07, 6.45) is 7.53. The average Bonchev–Trinajstić information content (AvgIpc) is 3.05. The molecule has 0 spiro atoms. The number of aromatic nitrogens is 2. The summed E-state index contributed by atoms with van der Waals surface area (Å²) in [4.78, 5) is 28.0. The molecule has 1 saturated heterocycles. The summed E-state index contributed by atoms with van der Waals surface area (Å²) in [7, 11) is 1.81. The van der Waals surface area contributed by atoms with Gasteiger partial charge in [-0.3, -0.25) is 9.48 Å². The Morgan fingerprint density at radius 1 is 1.41 bits per heavy atom. The van der Waals surface area contributed by atoms with E-state index in [9.17, 15) is 9.59 Å². The topological polar surface area (TPSA) is 70.5 Å². The van der Waals surface area contributed by atoms with Crippen LogP contribution in [-0.4, -0.2) is 56.7 Å². The molecule has 2 heterocycles. The molecule has 0 aromatic carbocycles. The van der Waals surface area contributed by atoms with E-state index < -0.39 is 0 Å². The van der Waals surface area contributed by atoms with Crippen LogP contribution in [0.4, 0.5) is 10.5 Å². The highest BCUT2D eigenvalue weighted by Gasteiger charge is 2.36. The second-order valence-corrected chi connectivity index (χ2v) is 6.22. The van der Waals surface area contributed by atoms with E-state index in [-0.39, 0.29) is 18.0 Å². The molecule has 1 aliphatic carbocycles. The number of nitrogens with zero attached hydrogens (tertiary/aromatic N) is 4. The van der Waals surface area contributed by atoms with Gasteiger partial charge in [-0.25, -0.2) is 4.79 Å². The number of carbonyl (C=O) groups excluding carboxylic acids is 2. The lowest BCUT2D eigenvalue weighted by Gasteiger charge is -2.30. The first-order valence-corrected chi connectivity index (χ1v) is 7.88. The molecule has 1 saturated carbocycles. The Kier molecular flexibility index (Phi) is 4.04. The van der Waals surface area contributed by atoms with Crippen molar-refractivity contribution in [3.05, 3.63) is 12.4 Å². The molecular formula is C15H23N5O2. The molecule has 0 radical (unpaired) electrons. The summed E-state index contributed by atoms with van der Waals surface area (Å²) < 4.78 is 1.65. The van der Waals surface area contributed by atoms with Crippen LogP contribution in [0.15, 0.2) is 12.4 Å². The molecular weight excluding hydrogens is 282 g/mol. The van der Waals surface area contributed by atoms with Crippen LogP contribution in [0.3, 0.4) is 0 Å². The molecule has 2 aliphatic rings. The summed E-state index contributed by atoms with van der Waals surface area (Å²) in [6.45, 7) is 3.01. The molecule has 7 nitrogen and oxygen atoms in total. The van der Waals surface area contributed by atoms with Crippen LogP contribution < -0.4 is 5.32 Å². The highest BCUT2D eigenvalue weighted by molar-refractivity contribution is 5.89. The van der Waals surface area contributed by atoms with Crippen molar-refractivity contribution in [3.63, 3.8) is 0 Å². The van der Waals surface area contributed by atoms with E-state index in [0.29, 0.717) is 18.3 Å². The zero-order valence-corrected chi connectivity index (χ0v) is 13.2. The predicted molar refractivity (Wildman–Crippen MR) is 82.4 cm³/mol. The Morgan fingerprint density at radius 2 is 2.18 bits per heavy atom. The summed E-state index contributed by atoms with van der Waals surface area (Å²) >= 11 is 0. The quantitative estimate of drug-likeness (QED) is 0.914. The first kappa shape index (κ1) is 14.9. The first-order valence-electron chi connectivity index (χ1n) is 7.88. The number of nitrogens with one attached hydrogen (secondary N) is 1. The van der Waals surface area contributed by atoms with E-state index >= 15 is 0 Å². The fraction of sp³-hybridized carbons (Fsp3) is 0.667. The van der Waals surface area contributed by atoms with Crippen LogP contribution in [0, 0.1) is 0 Å². The molecule has 1 aromatic heterocycles. The van der Waals surface area contributed by atoms with Crippen molar-refractivity contribution < 1.29 is 9.59 Å². The summed E-state index contributed by atoms with van der Waals surface area (Å²) in [5.74, 6) is 0.113. The predicted octanol–water partition coefficient (Wildman–Crippen LogP) is 1.43. The van der Waals surface area contributed by atoms with Crippen LogP contribution in [0.1, 0.15) is 32.6 Å². The Labute approximate surface area is 130 Å². The third-order valence-corrected chi connectivity index (χ3v) is 4.39. The normalized spacial score (nSPS) is 21.0. The molecule has 1 aromatic rings. The zero-order valence-electron chi connectivity index (χ0n) is 13.2. The van der Waals surface area contributed by atoms with Gasteiger partial charge in [-0.05, 0) is 25.7 Å². The molecule has 1 atom stereocenters. The maximum absolute atomic E-state index is 12.4. The average molecular weight is 305 g/mol. The van der Waals surface area contributed by atoms with Crippen LogP contribution in [0.5, 0.6) is 0 Å². The van der Waals surface area contributed by atoms with Crippen molar-refractivity contribution >= 4 is 17.6 Å². The van der Waals surface area contributed by atoms with Gasteiger partial charge < -0.3 is 15.1 Å². The van der Waals surface area contributed by atoms with Gasteiger partial charge in [0.2, 0.25) is 5.91 Å². The van der Waals surface area contributed by atoms with Gasteiger partial charge in [0, 0.05) is 39.3 Å². The second kappa shape index (κ2) is 5.98. The van der Waals surface area contributed by atoms with Crippen molar-refractivity contribution in [2.24, 2.45) is 7.05 Å². The largest absolute Gasteiger partial charge is 0.338 e. The minimum Gasteiger partial charge on any atom is -0.338 e. The standard InChI is InChI=1S/C15H23N5O2/c1-11(21)20(13-5-6-13)10-14-4-3-7-19(14)15(22)17-12-8-16-18(2)9-12/h8-9,13-14H,3-7,10H2,1-2H3,(H,17,22)/t14-/m1/s1. The van der Waals surface area contributed by atoms with Crippen molar-refractivity contribution in [2.45, 2.75) is 44.7 Å². The van der Waals surface area contributed by atoms with E-state index in [0.717, 1.165) is 32.2 Å². The maximum Gasteiger partial charge on any atom is 0.322 e. The van der Waals surface area contributed by atoms with Crippen LogP contribution in [0.25, 0.3) is 0 Å². The molecule has 0 unspecified atom stereocenters. The number of hydrogen-bond acceptors (Lipinski definition) is 3. The lowest BCUT2D eigenvalue weighted by molar-refractivity contribution is -0.130. The summed E-state index contributed by atoms with van der Waals surface area (Å²) in [5, 5.41) is 6.93. The van der Waals surface area contributed by atoms with Crippen LogP contribution >= 0.6 is 0 Å². The monoisotopic (exact) mass is 305 g/mol. The third kappa shape index (κ3) is 3.23. The molecule has 22 heavy (non-hydrogen) atoms. The molecule has 1 N–H and O–H groups in total. The van der Waals surface area contributed by atoms with Crippen LogP contribution in [0.2, 0.25) is 0 Å². The van der Waals surface area contributed by atoms with E-state index in [1.807, 2.05) is 16.8 Å². The Bertz CT molecular complexity index is 566. The Balaban J connectivity index is 1.62. The molecule has 3 amide bonds. The smallest absolute Gasteiger partial charge is 0.322 e. The molecule has 120 valence electrons. The number of hydrogen-bond donors (Lipinski definition) is 1. The fourth-order valence-corrected chi connectivity index (χ4v) is 3.12. The van der Waals surface area contributed by atoms with Gasteiger partial charge in [-0.1, -0.05) is 0 Å². The molecule has 3 rings (SSSR count). The lowest BCUT2D eigenvalue weighted by Crippen LogP contribution is -2.46. The highest BCUT2D eigenvalue weighted by Crippen LogP contribution is 2.29. The van der Waals surface area contributed by atoms with Gasteiger partial charge >= 0.3 is 6.03 Å². The van der Waals surface area contributed by atoms with Gasteiger partial charge in [-0.2, -0.15) is 5.10 Å². The number of likely N-dealkylation sites (tertiary alicyclic amines) is 1. The summed E-state index contributed by atoms with van der Waals surface area (Å²) in [5.41, 5.74) is 0.698. The van der Waals surface area contributed by atoms with Crippen molar-refractivity contribution in [1.82, 2.24) is 19.6 Å². The second-order valence-electron chi connectivity index (χ2n) is 6.22. The fourth-order valence-electron chi connectivity index (χ4n) is 3.12. The van der Waals surface area contributed by atoms with E-state index in [1.54, 1.807) is 24.0 Å². The third-order valence-electron chi connectivity index (χ3n) is 4.39. The molecule has 2 fully saturated rings. The number of urea groups is 1. The molecule has 0 bridgehead atoms. The minimum absolute atomic E-state index is 0.102. The lowest BCUT2D eigenvalue weighted by atomic mass is 10.2. The first-order chi connectivity index (χ1) is 10.5. The number of anilines is 1. The van der Waals surface area contributed by atoms with Gasteiger partial charge in [0.15, 0.2) is 0 Å². The van der Waals surface area contributed by atoms with Gasteiger partial charge in [0.1, 0.15) is 0 Å². The van der Waals surface area contributed by atoms with E-state index in [2.05, 4.69) is 10.4 Å². The van der Waals surface area contributed by atoms with Crippen molar-refractivity contribution in [3.8, 4) is 0 Å². The summed E-state index contributed by atoms with van der Waals surface area (Å²) in [6, 6.07) is 0.400. The van der Waals surface area contributed by atoms with Crippen molar-refractivity contribution in [1.29, 1.82) is 0 Å². The number of carbonyl (C=O) groups is 2. The molecule has 1 aliphatic heterocycles. The van der Waals surface area contributed by atoms with Gasteiger partial charge in [-0.15, -0.1) is 0 Å². The SMILES string of the molecule is CC(=O)N(C[C@H]1CCCN1C(=O)Nc1cnn(C)c1)C1CC1. The van der Waals surface area contributed by atoms with E-state index in [1.165, 1.54) is 0 Å². The van der Waals surface area contributed by atoms with Gasteiger partial charge in [0.25, 0.3) is 0 Å². The number of rotatable bonds is 4. The Hall–Kier alpha value is -2.05. The van der Waals surface area contributed by atoms with Crippen molar-refractivity contribution in [2.75, 3.05) is 18.4 Å². The molecule has 7 heteroatoms.